The van der Waals surface area contributed by atoms with Gasteiger partial charge in [-0.3, -0.25) is 4.79 Å². The minimum atomic E-state index is -3.85. The van der Waals surface area contributed by atoms with Crippen molar-refractivity contribution in [1.82, 2.24) is 4.72 Å². The number of nitrogens with one attached hydrogen (secondary N) is 1. The van der Waals surface area contributed by atoms with E-state index < -0.39 is 27.7 Å². The molecule has 7 heteroatoms. The van der Waals surface area contributed by atoms with Crippen LogP contribution in [0.4, 0.5) is 4.39 Å². The van der Waals surface area contributed by atoms with Gasteiger partial charge in [0.15, 0.2) is 0 Å². The summed E-state index contributed by atoms with van der Waals surface area (Å²) in [6, 6.07) is 3.35. The van der Waals surface area contributed by atoms with Crippen LogP contribution in [0.25, 0.3) is 0 Å². The van der Waals surface area contributed by atoms with Crippen LogP contribution >= 0.6 is 0 Å². The average molecular weight is 317 g/mol. The van der Waals surface area contributed by atoms with Gasteiger partial charge in [-0.1, -0.05) is 13.8 Å². The van der Waals surface area contributed by atoms with E-state index in [1.165, 1.54) is 13.0 Å². The number of hydrogen-bond donors (Lipinski definition) is 2. The molecule has 5 nitrogen and oxygen atoms in total. The lowest BCUT2D eigenvalue weighted by atomic mass is 9.98. The molecule has 0 aliphatic heterocycles. The van der Waals surface area contributed by atoms with Gasteiger partial charge in [0.05, 0.1) is 10.8 Å². The van der Waals surface area contributed by atoms with Gasteiger partial charge in [0.2, 0.25) is 10.0 Å². The van der Waals surface area contributed by atoms with Crippen LogP contribution in [0, 0.1) is 24.6 Å². The van der Waals surface area contributed by atoms with Crippen molar-refractivity contribution in [2.45, 2.75) is 32.1 Å². The second kappa shape index (κ2) is 7.00. The number of sulfonamides is 1. The third kappa shape index (κ3) is 5.09. The fourth-order valence-electron chi connectivity index (χ4n) is 2.04. The van der Waals surface area contributed by atoms with Crippen molar-refractivity contribution in [3.05, 3.63) is 29.6 Å². The number of aliphatic carboxylic acids is 1. The molecule has 1 rings (SSSR count). The second-order valence-electron chi connectivity index (χ2n) is 5.43. The van der Waals surface area contributed by atoms with Gasteiger partial charge in [-0.2, -0.15) is 0 Å². The number of benzene rings is 1. The van der Waals surface area contributed by atoms with Crippen molar-refractivity contribution >= 4 is 16.0 Å². The van der Waals surface area contributed by atoms with E-state index in [9.17, 15) is 17.6 Å². The van der Waals surface area contributed by atoms with Crippen molar-refractivity contribution in [2.24, 2.45) is 11.8 Å². The average Bonchev–Trinajstić information content (AvgIpc) is 2.33. The molecule has 1 atom stereocenters. The van der Waals surface area contributed by atoms with E-state index >= 15 is 0 Å². The Labute approximate surface area is 124 Å². The van der Waals surface area contributed by atoms with Crippen molar-refractivity contribution in [1.29, 1.82) is 0 Å². The molecule has 0 amide bonds. The smallest absolute Gasteiger partial charge is 0.307 e. The van der Waals surface area contributed by atoms with Crippen molar-refractivity contribution in [3.63, 3.8) is 0 Å². The highest BCUT2D eigenvalue weighted by Crippen LogP contribution is 2.17. The Balaban J connectivity index is 2.87. The monoisotopic (exact) mass is 317 g/mol. The topological polar surface area (TPSA) is 83.5 Å². The van der Waals surface area contributed by atoms with Crippen LogP contribution in [-0.4, -0.2) is 26.0 Å². The third-order valence-electron chi connectivity index (χ3n) is 3.05. The second-order valence-corrected chi connectivity index (χ2v) is 7.16. The molecule has 1 aromatic carbocycles. The fourth-order valence-corrected chi connectivity index (χ4v) is 3.35. The van der Waals surface area contributed by atoms with E-state index in [2.05, 4.69) is 4.72 Å². The molecule has 0 spiro atoms. The number of carbonyl (C=O) groups is 1. The van der Waals surface area contributed by atoms with Gasteiger partial charge in [-0.15, -0.1) is 0 Å². The lowest BCUT2D eigenvalue weighted by Crippen LogP contribution is -2.34. The standard InChI is InChI=1S/C14H20FNO4S/c1-9(2)6-11(14(17)18)8-16-21(19,20)13-5-4-12(15)7-10(13)3/h4-5,7,9,11,16H,6,8H2,1-3H3,(H,17,18). The van der Waals surface area contributed by atoms with Crippen LogP contribution in [0.5, 0.6) is 0 Å². The Hall–Kier alpha value is -1.47. The van der Waals surface area contributed by atoms with Crippen molar-refractivity contribution < 1.29 is 22.7 Å². The molecule has 0 heterocycles. The van der Waals surface area contributed by atoms with Crippen LogP contribution in [0.15, 0.2) is 23.1 Å². The first-order chi connectivity index (χ1) is 9.63. The molecule has 0 aromatic heterocycles. The molecule has 21 heavy (non-hydrogen) atoms. The number of rotatable bonds is 7. The summed E-state index contributed by atoms with van der Waals surface area (Å²) in [5.41, 5.74) is 0.276. The Bertz CT molecular complexity index is 613. The lowest BCUT2D eigenvalue weighted by molar-refractivity contribution is -0.142. The van der Waals surface area contributed by atoms with E-state index in [-0.39, 0.29) is 22.9 Å². The van der Waals surface area contributed by atoms with Gasteiger partial charge in [-0.25, -0.2) is 17.5 Å². The summed E-state index contributed by atoms with van der Waals surface area (Å²) < 4.78 is 39.6. The summed E-state index contributed by atoms with van der Waals surface area (Å²) in [6.45, 7) is 5.04. The highest BCUT2D eigenvalue weighted by Gasteiger charge is 2.23. The Morgan fingerprint density at radius 3 is 2.48 bits per heavy atom. The van der Waals surface area contributed by atoms with Gasteiger partial charge in [0.25, 0.3) is 0 Å². The molecule has 1 unspecified atom stereocenters. The van der Waals surface area contributed by atoms with Gasteiger partial charge < -0.3 is 5.11 Å². The maximum atomic E-state index is 13.0. The highest BCUT2D eigenvalue weighted by atomic mass is 32.2. The predicted molar refractivity (Wildman–Crippen MR) is 76.9 cm³/mol. The molecule has 0 fully saturated rings. The van der Waals surface area contributed by atoms with E-state index in [1.807, 2.05) is 13.8 Å². The van der Waals surface area contributed by atoms with Gasteiger partial charge in [0.1, 0.15) is 5.82 Å². The number of hydrogen-bond acceptors (Lipinski definition) is 3. The van der Waals surface area contributed by atoms with Crippen LogP contribution in [0.3, 0.4) is 0 Å². The SMILES string of the molecule is Cc1cc(F)ccc1S(=O)(=O)NCC(CC(C)C)C(=O)O. The normalized spacial score (nSPS) is 13.4. The van der Waals surface area contributed by atoms with E-state index in [4.69, 9.17) is 5.11 Å². The zero-order valence-corrected chi connectivity index (χ0v) is 13.1. The van der Waals surface area contributed by atoms with Crippen LogP contribution in [0.2, 0.25) is 0 Å². The van der Waals surface area contributed by atoms with Crippen molar-refractivity contribution in [3.8, 4) is 0 Å². The summed E-state index contributed by atoms with van der Waals surface area (Å²) in [6.07, 6.45) is 0.375. The van der Waals surface area contributed by atoms with Gasteiger partial charge in [0, 0.05) is 6.54 Å². The van der Waals surface area contributed by atoms with Gasteiger partial charge >= 0.3 is 5.97 Å². The van der Waals surface area contributed by atoms with E-state index in [0.29, 0.717) is 6.42 Å². The Morgan fingerprint density at radius 1 is 1.38 bits per heavy atom. The number of carboxylic acid groups (broad SMARTS) is 1. The van der Waals surface area contributed by atoms with Crippen LogP contribution in [0.1, 0.15) is 25.8 Å². The summed E-state index contributed by atoms with van der Waals surface area (Å²) in [5.74, 6) is -2.21. The molecule has 0 aliphatic carbocycles. The fraction of sp³-hybridized carbons (Fsp3) is 0.500. The molecule has 0 saturated carbocycles. The van der Waals surface area contributed by atoms with Crippen molar-refractivity contribution in [2.75, 3.05) is 6.54 Å². The first-order valence-corrected chi connectivity index (χ1v) is 8.10. The Morgan fingerprint density at radius 2 is 2.00 bits per heavy atom. The number of aryl methyl sites for hydroxylation is 1. The third-order valence-corrected chi connectivity index (χ3v) is 4.64. The largest absolute Gasteiger partial charge is 0.481 e. The molecule has 0 saturated heterocycles. The van der Waals surface area contributed by atoms with Crippen LogP contribution < -0.4 is 4.72 Å². The number of halogens is 1. The molecule has 2 N–H and O–H groups in total. The molecule has 1 aromatic rings. The first kappa shape index (κ1) is 17.6. The van der Waals surface area contributed by atoms with E-state index in [0.717, 1.165) is 12.1 Å². The molecule has 118 valence electrons. The molecule has 0 aliphatic rings. The zero-order chi connectivity index (χ0) is 16.2. The molecular weight excluding hydrogens is 297 g/mol. The quantitative estimate of drug-likeness (QED) is 0.807. The maximum absolute atomic E-state index is 13.0. The van der Waals surface area contributed by atoms with Gasteiger partial charge in [-0.05, 0) is 43.0 Å². The summed E-state index contributed by atoms with van der Waals surface area (Å²) in [4.78, 5) is 11.1. The molecule has 0 bridgehead atoms. The maximum Gasteiger partial charge on any atom is 0.307 e. The Kier molecular flexibility index (Phi) is 5.86. The van der Waals surface area contributed by atoms with E-state index in [1.54, 1.807) is 0 Å². The zero-order valence-electron chi connectivity index (χ0n) is 12.3. The minimum absolute atomic E-state index is 0.0439. The summed E-state index contributed by atoms with van der Waals surface area (Å²) >= 11 is 0. The molecule has 0 radical (unpaired) electrons. The number of carboxylic acids is 1. The lowest BCUT2D eigenvalue weighted by Gasteiger charge is -2.16. The minimum Gasteiger partial charge on any atom is -0.481 e. The first-order valence-electron chi connectivity index (χ1n) is 6.62. The summed E-state index contributed by atoms with van der Waals surface area (Å²) in [7, 11) is -3.85. The highest BCUT2D eigenvalue weighted by molar-refractivity contribution is 7.89. The summed E-state index contributed by atoms with van der Waals surface area (Å²) in [5, 5.41) is 9.10. The van der Waals surface area contributed by atoms with Crippen LogP contribution in [-0.2, 0) is 14.8 Å². The molecular formula is C14H20FNO4S. The predicted octanol–water partition coefficient (Wildman–Crippen LogP) is 2.16.